The zero-order valence-corrected chi connectivity index (χ0v) is 14.4. The van der Waals surface area contributed by atoms with Gasteiger partial charge in [-0.15, -0.1) is 11.3 Å². The molecule has 0 bridgehead atoms. The third kappa shape index (κ3) is 6.09. The molecule has 0 aliphatic carbocycles. The molecule has 0 radical (unpaired) electrons. The first-order valence-electron chi connectivity index (χ1n) is 6.53. The predicted molar refractivity (Wildman–Crippen MR) is 80.6 cm³/mol. The summed E-state index contributed by atoms with van der Waals surface area (Å²) in [6.45, 7) is 0.227. The Balaban J connectivity index is 2.60. The van der Waals surface area contributed by atoms with Crippen LogP contribution in [0.4, 0.5) is 13.2 Å². The lowest BCUT2D eigenvalue weighted by molar-refractivity contribution is -0.151. The Kier molecular flexibility index (Phi) is 6.57. The number of hydrogen-bond acceptors (Lipinski definition) is 5. The molecule has 1 atom stereocenters. The topological polar surface area (TPSA) is 78.5 Å². The van der Waals surface area contributed by atoms with Crippen LogP contribution in [0.25, 0.3) is 0 Å². The molecule has 0 saturated heterocycles. The fourth-order valence-electron chi connectivity index (χ4n) is 1.64. The maximum Gasteiger partial charge on any atom is 0.401 e. The fourth-order valence-corrected chi connectivity index (χ4v) is 3.77. The van der Waals surface area contributed by atoms with Crippen LogP contribution in [0.2, 0.25) is 0 Å². The van der Waals surface area contributed by atoms with Crippen LogP contribution >= 0.6 is 11.3 Å². The fraction of sp³-hybridized carbons (Fsp3) is 0.583. The summed E-state index contributed by atoms with van der Waals surface area (Å²) >= 11 is 0.978. The number of nitrogens with zero attached hydrogens (tertiary/aromatic N) is 1. The second-order valence-electron chi connectivity index (χ2n) is 4.85. The first-order chi connectivity index (χ1) is 10.5. The van der Waals surface area contributed by atoms with Crippen LogP contribution in [0.5, 0.6) is 0 Å². The molecule has 2 N–H and O–H groups in total. The van der Waals surface area contributed by atoms with Crippen LogP contribution < -0.4 is 10.0 Å². The van der Waals surface area contributed by atoms with Crippen LogP contribution in [-0.4, -0.2) is 52.1 Å². The Morgan fingerprint density at radius 2 is 2.00 bits per heavy atom. The monoisotopic (exact) mass is 373 g/mol. The van der Waals surface area contributed by atoms with E-state index in [-0.39, 0.29) is 10.8 Å². The van der Waals surface area contributed by atoms with Gasteiger partial charge >= 0.3 is 6.18 Å². The van der Waals surface area contributed by atoms with Crippen LogP contribution in [-0.2, 0) is 21.4 Å². The Morgan fingerprint density at radius 1 is 1.39 bits per heavy atom. The molecule has 1 amide bonds. The number of carbonyl (C=O) groups is 1. The standard InChI is InChI=1S/C12H18F3N3O3S2/c1-8(18(3)7-12(13,14)15)11(19)17-6-9-4-5-10(22-9)23(20,21)16-2/h4-5,8,16H,6-7H2,1-3H3,(H,17,19)/t8-/m0/s1. The lowest BCUT2D eigenvalue weighted by Crippen LogP contribution is -2.46. The molecule has 1 aromatic heterocycles. The Hall–Kier alpha value is -1.17. The van der Waals surface area contributed by atoms with Crippen molar-refractivity contribution in [1.29, 1.82) is 0 Å². The van der Waals surface area contributed by atoms with Gasteiger partial charge in [-0.3, -0.25) is 9.69 Å². The van der Waals surface area contributed by atoms with Gasteiger partial charge in [0.05, 0.1) is 19.1 Å². The average Bonchev–Trinajstić information content (AvgIpc) is 2.91. The van der Waals surface area contributed by atoms with Gasteiger partial charge in [-0.05, 0) is 33.2 Å². The molecule has 0 aliphatic rings. The number of alkyl halides is 3. The molecule has 0 aliphatic heterocycles. The van der Waals surface area contributed by atoms with E-state index in [1.54, 1.807) is 6.07 Å². The van der Waals surface area contributed by atoms with Gasteiger partial charge in [0.2, 0.25) is 15.9 Å². The molecule has 11 heteroatoms. The molecule has 1 heterocycles. The molecule has 0 spiro atoms. The summed E-state index contributed by atoms with van der Waals surface area (Å²) in [5.41, 5.74) is 0. The van der Waals surface area contributed by atoms with Crippen LogP contribution in [0.3, 0.4) is 0 Å². The van der Waals surface area contributed by atoms with Gasteiger partial charge in [0.1, 0.15) is 4.21 Å². The summed E-state index contributed by atoms with van der Waals surface area (Å²) in [4.78, 5) is 13.3. The molecule has 0 fully saturated rings. The second-order valence-corrected chi connectivity index (χ2v) is 8.13. The van der Waals surface area contributed by atoms with Crippen molar-refractivity contribution >= 4 is 27.3 Å². The largest absolute Gasteiger partial charge is 0.401 e. The number of thiophene rings is 1. The van der Waals surface area contributed by atoms with Gasteiger partial charge < -0.3 is 5.32 Å². The van der Waals surface area contributed by atoms with Crippen LogP contribution in [0.15, 0.2) is 16.3 Å². The highest BCUT2D eigenvalue weighted by Crippen LogP contribution is 2.21. The summed E-state index contributed by atoms with van der Waals surface area (Å²) in [6.07, 6.45) is -4.38. The summed E-state index contributed by atoms with van der Waals surface area (Å²) in [7, 11) is -1.05. The van der Waals surface area contributed by atoms with Gasteiger partial charge in [-0.1, -0.05) is 0 Å². The van der Waals surface area contributed by atoms with Gasteiger partial charge in [-0.2, -0.15) is 13.2 Å². The summed E-state index contributed by atoms with van der Waals surface area (Å²) in [5.74, 6) is -0.567. The van der Waals surface area contributed by atoms with Gasteiger partial charge in [0.15, 0.2) is 0 Å². The second kappa shape index (κ2) is 7.60. The van der Waals surface area contributed by atoms with Crippen molar-refractivity contribution in [2.45, 2.75) is 29.9 Å². The van der Waals surface area contributed by atoms with E-state index in [9.17, 15) is 26.4 Å². The minimum absolute atomic E-state index is 0.0485. The minimum Gasteiger partial charge on any atom is -0.350 e. The maximum absolute atomic E-state index is 12.3. The number of amides is 1. The number of halogens is 3. The van der Waals surface area contributed by atoms with E-state index < -0.39 is 34.7 Å². The van der Waals surface area contributed by atoms with Crippen molar-refractivity contribution in [3.63, 3.8) is 0 Å². The number of sulfonamides is 1. The Morgan fingerprint density at radius 3 is 2.52 bits per heavy atom. The number of carbonyl (C=O) groups excluding carboxylic acids is 1. The highest BCUT2D eigenvalue weighted by molar-refractivity contribution is 7.91. The van der Waals surface area contributed by atoms with Gasteiger partial charge in [-0.25, -0.2) is 13.1 Å². The van der Waals surface area contributed by atoms with Crippen molar-refractivity contribution in [2.24, 2.45) is 0 Å². The van der Waals surface area contributed by atoms with Crippen LogP contribution in [0.1, 0.15) is 11.8 Å². The molecule has 0 unspecified atom stereocenters. The first kappa shape index (κ1) is 19.9. The van der Waals surface area contributed by atoms with Crippen molar-refractivity contribution in [3.05, 3.63) is 17.0 Å². The maximum atomic E-state index is 12.3. The van der Waals surface area contributed by atoms with E-state index in [0.29, 0.717) is 4.88 Å². The number of nitrogens with one attached hydrogen (secondary N) is 2. The SMILES string of the molecule is CNS(=O)(=O)c1ccc(CNC(=O)[C@H](C)N(C)CC(F)(F)F)s1. The third-order valence-electron chi connectivity index (χ3n) is 3.08. The smallest absolute Gasteiger partial charge is 0.350 e. The molecule has 0 aromatic carbocycles. The molecule has 1 rings (SSSR count). The van der Waals surface area contributed by atoms with E-state index in [2.05, 4.69) is 10.0 Å². The molecule has 0 saturated carbocycles. The minimum atomic E-state index is -4.38. The van der Waals surface area contributed by atoms with Crippen molar-refractivity contribution in [1.82, 2.24) is 14.9 Å². The van der Waals surface area contributed by atoms with Gasteiger partial charge in [0, 0.05) is 4.88 Å². The quantitative estimate of drug-likeness (QED) is 0.752. The highest BCUT2D eigenvalue weighted by Gasteiger charge is 2.32. The average molecular weight is 373 g/mol. The van der Waals surface area contributed by atoms with E-state index in [4.69, 9.17) is 0 Å². The zero-order valence-electron chi connectivity index (χ0n) is 12.8. The Labute approximate surface area is 136 Å². The van der Waals surface area contributed by atoms with E-state index in [1.165, 1.54) is 27.1 Å². The third-order valence-corrected chi connectivity index (χ3v) is 6.07. The summed E-state index contributed by atoms with van der Waals surface area (Å²) < 4.78 is 62.3. The molecule has 6 nitrogen and oxygen atoms in total. The van der Waals surface area contributed by atoms with E-state index in [0.717, 1.165) is 16.2 Å². The zero-order chi connectivity index (χ0) is 17.8. The number of hydrogen-bond donors (Lipinski definition) is 2. The van der Waals surface area contributed by atoms with Crippen LogP contribution in [0, 0.1) is 0 Å². The van der Waals surface area contributed by atoms with Crippen molar-refractivity contribution in [2.75, 3.05) is 20.6 Å². The lowest BCUT2D eigenvalue weighted by atomic mass is 10.2. The molecule has 23 heavy (non-hydrogen) atoms. The van der Waals surface area contributed by atoms with Crippen molar-refractivity contribution in [3.8, 4) is 0 Å². The molecular weight excluding hydrogens is 355 g/mol. The van der Waals surface area contributed by atoms with E-state index >= 15 is 0 Å². The lowest BCUT2D eigenvalue weighted by Gasteiger charge is -2.24. The molecule has 132 valence electrons. The number of rotatable bonds is 7. The Bertz CT molecular complexity index is 643. The first-order valence-corrected chi connectivity index (χ1v) is 8.83. The highest BCUT2D eigenvalue weighted by atomic mass is 32.2. The normalized spacial score (nSPS) is 14.0. The molecular formula is C12H18F3N3O3S2. The van der Waals surface area contributed by atoms with Crippen molar-refractivity contribution < 1.29 is 26.4 Å². The summed E-state index contributed by atoms with van der Waals surface area (Å²) in [6, 6.07) is 1.98. The molecule has 1 aromatic rings. The summed E-state index contributed by atoms with van der Waals surface area (Å²) in [5, 5.41) is 2.50. The van der Waals surface area contributed by atoms with E-state index in [1.807, 2.05) is 0 Å². The predicted octanol–water partition coefficient (Wildman–Crippen LogP) is 1.15. The number of likely N-dealkylation sites (N-methyl/N-ethyl adjacent to an activating group) is 1. The van der Waals surface area contributed by atoms with Gasteiger partial charge in [0.25, 0.3) is 0 Å².